The number of nitrogens with zero attached hydrogens (tertiary/aromatic N) is 1. The Hall–Kier alpha value is -1.96. The Morgan fingerprint density at radius 3 is 3.05 bits per heavy atom. The van der Waals surface area contributed by atoms with Crippen LogP contribution in [0, 0.1) is 6.92 Å². The van der Waals surface area contributed by atoms with Crippen molar-refractivity contribution in [3.8, 4) is 0 Å². The van der Waals surface area contributed by atoms with Crippen molar-refractivity contribution in [1.82, 2.24) is 20.9 Å². The van der Waals surface area contributed by atoms with Gasteiger partial charge in [-0.3, -0.25) is 14.9 Å². The van der Waals surface area contributed by atoms with Gasteiger partial charge in [-0.2, -0.15) is 0 Å². The van der Waals surface area contributed by atoms with Crippen LogP contribution in [0.4, 0.5) is 4.79 Å². The summed E-state index contributed by atoms with van der Waals surface area (Å²) in [6.45, 7) is 2.47. The van der Waals surface area contributed by atoms with E-state index in [1.165, 1.54) is 0 Å². The van der Waals surface area contributed by atoms with Crippen molar-refractivity contribution in [2.45, 2.75) is 38.6 Å². The number of urea groups is 1. The predicted octanol–water partition coefficient (Wildman–Crippen LogP) is 0.489. The molecule has 0 aromatic carbocycles. The lowest BCUT2D eigenvalue weighted by atomic mass is 10.1. The zero-order valence-electron chi connectivity index (χ0n) is 11.8. The Kier molecular flexibility index (Phi) is 5.26. The normalized spacial score (nSPS) is 18.6. The van der Waals surface area contributed by atoms with Crippen LogP contribution in [0.15, 0.2) is 5.38 Å². The first kappa shape index (κ1) is 15.4. The fraction of sp³-hybridized carbons (Fsp3) is 0.538. The molecule has 1 aromatic rings. The second-order valence-corrected chi connectivity index (χ2v) is 5.83. The van der Waals surface area contributed by atoms with Gasteiger partial charge in [0, 0.05) is 30.5 Å². The lowest BCUT2D eigenvalue weighted by molar-refractivity contribution is -0.123. The van der Waals surface area contributed by atoms with E-state index in [0.717, 1.165) is 23.5 Å². The van der Waals surface area contributed by atoms with Crippen molar-refractivity contribution in [3.05, 3.63) is 16.1 Å². The summed E-state index contributed by atoms with van der Waals surface area (Å²) in [6.07, 6.45) is 2.08. The molecule has 7 nitrogen and oxygen atoms in total. The smallest absolute Gasteiger partial charge is 0.322 e. The van der Waals surface area contributed by atoms with Gasteiger partial charge in [-0.15, -0.1) is 11.3 Å². The van der Waals surface area contributed by atoms with E-state index in [1.807, 2.05) is 12.3 Å². The summed E-state index contributed by atoms with van der Waals surface area (Å²) in [5, 5.41) is 10.5. The van der Waals surface area contributed by atoms with Gasteiger partial charge in [0.25, 0.3) is 0 Å². The molecule has 4 amide bonds. The van der Waals surface area contributed by atoms with Crippen LogP contribution < -0.4 is 16.0 Å². The standard InChI is InChI=1S/C13H18N4O3S/c1-8-7-21-11(15-8)3-2-6-14-12(19)9-4-5-10(18)17-13(20)16-9/h7,9H,2-6H2,1H3,(H,14,19)(H2,16,17,18,20)/t9-/m1/s1. The van der Waals surface area contributed by atoms with Crippen LogP contribution in [0.5, 0.6) is 0 Å². The highest BCUT2D eigenvalue weighted by molar-refractivity contribution is 7.09. The number of rotatable bonds is 5. The van der Waals surface area contributed by atoms with Crippen LogP contribution in [-0.4, -0.2) is 35.4 Å². The molecule has 0 bridgehead atoms. The van der Waals surface area contributed by atoms with E-state index in [1.54, 1.807) is 11.3 Å². The average molecular weight is 310 g/mol. The van der Waals surface area contributed by atoms with E-state index < -0.39 is 12.1 Å². The molecule has 1 fully saturated rings. The Labute approximate surface area is 126 Å². The molecule has 2 rings (SSSR count). The number of carbonyl (C=O) groups excluding carboxylic acids is 3. The number of imide groups is 1. The molecule has 1 atom stereocenters. The van der Waals surface area contributed by atoms with Crippen LogP contribution in [0.3, 0.4) is 0 Å². The Morgan fingerprint density at radius 1 is 1.52 bits per heavy atom. The maximum absolute atomic E-state index is 11.9. The Bertz CT molecular complexity index is 543. The van der Waals surface area contributed by atoms with E-state index in [0.29, 0.717) is 13.0 Å². The van der Waals surface area contributed by atoms with Gasteiger partial charge < -0.3 is 10.6 Å². The molecule has 0 unspecified atom stereocenters. The van der Waals surface area contributed by atoms with E-state index in [9.17, 15) is 14.4 Å². The van der Waals surface area contributed by atoms with Crippen LogP contribution in [-0.2, 0) is 16.0 Å². The molecule has 114 valence electrons. The summed E-state index contributed by atoms with van der Waals surface area (Å²) >= 11 is 1.61. The summed E-state index contributed by atoms with van der Waals surface area (Å²) < 4.78 is 0. The summed E-state index contributed by atoms with van der Waals surface area (Å²) in [7, 11) is 0. The lowest BCUT2D eigenvalue weighted by Gasteiger charge is -2.14. The number of carbonyl (C=O) groups is 3. The summed E-state index contributed by atoms with van der Waals surface area (Å²) in [5.74, 6) is -0.614. The van der Waals surface area contributed by atoms with Crippen molar-refractivity contribution in [1.29, 1.82) is 0 Å². The fourth-order valence-corrected chi connectivity index (χ4v) is 2.84. The number of nitrogens with one attached hydrogen (secondary N) is 3. The number of aryl methyl sites for hydroxylation is 2. The summed E-state index contributed by atoms with van der Waals surface area (Å²) in [6, 6.07) is -1.27. The minimum Gasteiger partial charge on any atom is -0.354 e. The van der Waals surface area contributed by atoms with Crippen molar-refractivity contribution in [2.24, 2.45) is 0 Å². The molecule has 0 radical (unpaired) electrons. The minimum absolute atomic E-state index is 0.162. The van der Waals surface area contributed by atoms with E-state index >= 15 is 0 Å². The van der Waals surface area contributed by atoms with Gasteiger partial charge in [0.2, 0.25) is 11.8 Å². The molecule has 2 heterocycles. The van der Waals surface area contributed by atoms with Gasteiger partial charge in [-0.25, -0.2) is 9.78 Å². The zero-order valence-corrected chi connectivity index (χ0v) is 12.6. The molecule has 1 aliphatic rings. The Morgan fingerprint density at radius 2 is 2.33 bits per heavy atom. The lowest BCUT2D eigenvalue weighted by Crippen LogP contribution is -2.48. The molecular weight excluding hydrogens is 292 g/mol. The number of amides is 4. The van der Waals surface area contributed by atoms with Crippen molar-refractivity contribution < 1.29 is 14.4 Å². The number of hydrogen-bond acceptors (Lipinski definition) is 5. The average Bonchev–Trinajstić information content (AvgIpc) is 2.76. The summed E-state index contributed by atoms with van der Waals surface area (Å²) in [5.41, 5.74) is 1.01. The quantitative estimate of drug-likeness (QED) is 0.689. The van der Waals surface area contributed by atoms with Crippen LogP contribution >= 0.6 is 11.3 Å². The van der Waals surface area contributed by atoms with Crippen molar-refractivity contribution in [2.75, 3.05) is 6.54 Å². The molecule has 0 aliphatic carbocycles. The third-order valence-electron chi connectivity index (χ3n) is 3.07. The third-order valence-corrected chi connectivity index (χ3v) is 4.09. The van der Waals surface area contributed by atoms with Gasteiger partial charge in [-0.1, -0.05) is 0 Å². The third kappa shape index (κ3) is 4.82. The van der Waals surface area contributed by atoms with Gasteiger partial charge in [-0.05, 0) is 19.8 Å². The van der Waals surface area contributed by atoms with Crippen LogP contribution in [0.2, 0.25) is 0 Å². The van der Waals surface area contributed by atoms with E-state index in [-0.39, 0.29) is 18.2 Å². The SMILES string of the molecule is Cc1csc(CCCNC(=O)[C@H]2CCC(=O)NC(=O)N2)n1. The molecule has 21 heavy (non-hydrogen) atoms. The Balaban J connectivity index is 1.71. The minimum atomic E-state index is -0.654. The van der Waals surface area contributed by atoms with Crippen molar-refractivity contribution >= 4 is 29.2 Å². The number of aromatic nitrogens is 1. The van der Waals surface area contributed by atoms with Gasteiger partial charge in [0.15, 0.2) is 0 Å². The highest BCUT2D eigenvalue weighted by Crippen LogP contribution is 2.10. The fourth-order valence-electron chi connectivity index (χ4n) is 2.02. The molecule has 8 heteroatoms. The first-order chi connectivity index (χ1) is 10.0. The van der Waals surface area contributed by atoms with Gasteiger partial charge >= 0.3 is 6.03 Å². The number of hydrogen-bond donors (Lipinski definition) is 3. The molecular formula is C13H18N4O3S. The monoisotopic (exact) mass is 310 g/mol. The maximum Gasteiger partial charge on any atom is 0.322 e. The first-order valence-corrected chi connectivity index (χ1v) is 7.71. The second-order valence-electron chi connectivity index (χ2n) is 4.89. The highest BCUT2D eigenvalue weighted by Gasteiger charge is 2.25. The highest BCUT2D eigenvalue weighted by atomic mass is 32.1. The molecule has 3 N–H and O–H groups in total. The van der Waals surface area contributed by atoms with Gasteiger partial charge in [0.1, 0.15) is 6.04 Å². The summed E-state index contributed by atoms with van der Waals surface area (Å²) in [4.78, 5) is 38.8. The molecule has 0 saturated carbocycles. The second kappa shape index (κ2) is 7.16. The molecule has 1 aliphatic heterocycles. The molecule has 0 spiro atoms. The molecule has 1 saturated heterocycles. The topological polar surface area (TPSA) is 100 Å². The first-order valence-electron chi connectivity index (χ1n) is 6.83. The van der Waals surface area contributed by atoms with Crippen LogP contribution in [0.25, 0.3) is 0 Å². The van der Waals surface area contributed by atoms with Crippen LogP contribution in [0.1, 0.15) is 30.0 Å². The molecule has 1 aromatic heterocycles. The van der Waals surface area contributed by atoms with E-state index in [2.05, 4.69) is 20.9 Å². The predicted molar refractivity (Wildman–Crippen MR) is 77.9 cm³/mol. The van der Waals surface area contributed by atoms with E-state index in [4.69, 9.17) is 0 Å². The van der Waals surface area contributed by atoms with Crippen molar-refractivity contribution in [3.63, 3.8) is 0 Å². The van der Waals surface area contributed by atoms with Gasteiger partial charge in [0.05, 0.1) is 5.01 Å². The zero-order chi connectivity index (χ0) is 15.2. The maximum atomic E-state index is 11.9. The number of thiazole rings is 1. The largest absolute Gasteiger partial charge is 0.354 e.